The summed E-state index contributed by atoms with van der Waals surface area (Å²) >= 11 is 0. The van der Waals surface area contributed by atoms with Gasteiger partial charge in [0.05, 0.1) is 6.61 Å². The van der Waals surface area contributed by atoms with Crippen molar-refractivity contribution < 1.29 is 9.53 Å². The summed E-state index contributed by atoms with van der Waals surface area (Å²) in [4.78, 5) is 20.3. The lowest BCUT2D eigenvalue weighted by atomic mass is 9.92. The zero-order valence-corrected chi connectivity index (χ0v) is 18.5. The van der Waals surface area contributed by atoms with Crippen LogP contribution >= 0.6 is 0 Å². The van der Waals surface area contributed by atoms with Gasteiger partial charge in [-0.1, -0.05) is 30.3 Å². The third-order valence-corrected chi connectivity index (χ3v) is 7.27. The predicted molar refractivity (Wildman–Crippen MR) is 121 cm³/mol. The van der Waals surface area contributed by atoms with Gasteiger partial charge in [0.2, 0.25) is 5.91 Å². The number of aryl methyl sites for hydroxylation is 1. The third kappa shape index (κ3) is 6.05. The van der Waals surface area contributed by atoms with Gasteiger partial charge < -0.3 is 19.4 Å². The Balaban J connectivity index is 1.13. The Hall–Kier alpha value is -1.43. The molecule has 0 unspecified atom stereocenters. The van der Waals surface area contributed by atoms with E-state index in [0.717, 1.165) is 58.1 Å². The molecule has 5 nitrogen and oxygen atoms in total. The van der Waals surface area contributed by atoms with Gasteiger partial charge in [-0.25, -0.2) is 0 Å². The van der Waals surface area contributed by atoms with E-state index in [1.54, 1.807) is 0 Å². The van der Waals surface area contributed by atoms with Crippen molar-refractivity contribution >= 4 is 5.91 Å². The zero-order chi connectivity index (χ0) is 20.6. The second-order valence-corrected chi connectivity index (χ2v) is 9.26. The molecule has 3 fully saturated rings. The first-order valence-electron chi connectivity index (χ1n) is 12.2. The van der Waals surface area contributed by atoms with E-state index >= 15 is 0 Å². The fraction of sp³-hybridized carbons (Fsp3) is 0.720. The Bertz CT molecular complexity index is 629. The van der Waals surface area contributed by atoms with E-state index in [2.05, 4.69) is 45.0 Å². The molecule has 1 aromatic carbocycles. The number of nitrogens with zero attached hydrogens (tertiary/aromatic N) is 3. The van der Waals surface area contributed by atoms with Crippen molar-refractivity contribution in [2.24, 2.45) is 5.92 Å². The summed E-state index contributed by atoms with van der Waals surface area (Å²) in [5.74, 6) is 0.616. The lowest BCUT2D eigenvalue weighted by molar-refractivity contribution is -0.137. The first-order chi connectivity index (χ1) is 14.8. The molecule has 3 aliphatic rings. The fourth-order valence-corrected chi connectivity index (χ4v) is 5.40. The van der Waals surface area contributed by atoms with Crippen LogP contribution in [0.1, 0.15) is 44.1 Å². The van der Waals surface area contributed by atoms with Crippen molar-refractivity contribution in [3.63, 3.8) is 0 Å². The lowest BCUT2D eigenvalue weighted by Gasteiger charge is -2.42. The number of likely N-dealkylation sites (tertiary alicyclic amines) is 2. The summed E-state index contributed by atoms with van der Waals surface area (Å²) in [6, 6.07) is 11.6. The van der Waals surface area contributed by atoms with Crippen LogP contribution in [0.25, 0.3) is 0 Å². The van der Waals surface area contributed by atoms with Crippen LogP contribution in [0.4, 0.5) is 0 Å². The average Bonchev–Trinajstić information content (AvgIpc) is 3.10. The van der Waals surface area contributed by atoms with Crippen LogP contribution in [0.3, 0.4) is 0 Å². The first kappa shape index (κ1) is 21.8. The number of ether oxygens (including phenoxy) is 1. The number of rotatable bonds is 6. The predicted octanol–water partition coefficient (Wildman–Crippen LogP) is 3.04. The van der Waals surface area contributed by atoms with Gasteiger partial charge in [-0.15, -0.1) is 0 Å². The van der Waals surface area contributed by atoms with Crippen molar-refractivity contribution in [3.8, 4) is 0 Å². The number of amides is 1. The van der Waals surface area contributed by atoms with Gasteiger partial charge in [0.25, 0.3) is 0 Å². The summed E-state index contributed by atoms with van der Waals surface area (Å²) in [5.41, 5.74) is 1.46. The minimum absolute atomic E-state index is 0.234. The summed E-state index contributed by atoms with van der Waals surface area (Å²) in [6.07, 6.45) is 8.06. The molecular formula is C25H39N3O2. The number of piperidine rings is 2. The Morgan fingerprint density at radius 3 is 2.43 bits per heavy atom. The molecule has 4 rings (SSSR count). The molecular weight excluding hydrogens is 374 g/mol. The Morgan fingerprint density at radius 2 is 1.67 bits per heavy atom. The highest BCUT2D eigenvalue weighted by Gasteiger charge is 2.32. The van der Waals surface area contributed by atoms with Crippen LogP contribution in [0.15, 0.2) is 30.3 Å². The third-order valence-electron chi connectivity index (χ3n) is 7.27. The van der Waals surface area contributed by atoms with Crippen molar-refractivity contribution in [3.05, 3.63) is 35.9 Å². The standard InChI is InChI=1S/C25H39N3O2/c29-25(28-14-5-20-30-21-19-28)23-9-17-27(18-10-23)24-11-15-26(16-12-24)13-4-8-22-6-2-1-3-7-22/h1-3,6-7,23-24H,4-5,8-21H2. The van der Waals surface area contributed by atoms with Crippen LogP contribution in [-0.4, -0.2) is 85.7 Å². The molecule has 0 radical (unpaired) electrons. The van der Waals surface area contributed by atoms with Crippen molar-refractivity contribution in [1.29, 1.82) is 0 Å². The van der Waals surface area contributed by atoms with E-state index in [0.29, 0.717) is 12.5 Å². The lowest BCUT2D eigenvalue weighted by Crippen LogP contribution is -2.49. The molecule has 0 saturated carbocycles. The normalized spacial score (nSPS) is 23.4. The SMILES string of the molecule is O=C(C1CCN(C2CCN(CCCc3ccccc3)CC2)CC1)N1CCCOCC1. The van der Waals surface area contributed by atoms with E-state index in [9.17, 15) is 4.79 Å². The zero-order valence-electron chi connectivity index (χ0n) is 18.5. The molecule has 1 amide bonds. The van der Waals surface area contributed by atoms with Gasteiger partial charge in [-0.05, 0) is 83.2 Å². The van der Waals surface area contributed by atoms with E-state index in [1.807, 2.05) is 0 Å². The monoisotopic (exact) mass is 413 g/mol. The highest BCUT2D eigenvalue weighted by atomic mass is 16.5. The average molecular weight is 414 g/mol. The molecule has 0 N–H and O–H groups in total. The summed E-state index contributed by atoms with van der Waals surface area (Å²) in [5, 5.41) is 0. The maximum absolute atomic E-state index is 12.9. The highest BCUT2D eigenvalue weighted by Crippen LogP contribution is 2.25. The van der Waals surface area contributed by atoms with E-state index in [4.69, 9.17) is 4.74 Å². The van der Waals surface area contributed by atoms with E-state index in [1.165, 1.54) is 50.9 Å². The minimum atomic E-state index is 0.234. The smallest absolute Gasteiger partial charge is 0.225 e. The maximum atomic E-state index is 12.9. The van der Waals surface area contributed by atoms with Crippen LogP contribution in [0.5, 0.6) is 0 Å². The van der Waals surface area contributed by atoms with Crippen LogP contribution < -0.4 is 0 Å². The quantitative estimate of drug-likeness (QED) is 0.718. The van der Waals surface area contributed by atoms with Gasteiger partial charge in [0.15, 0.2) is 0 Å². The van der Waals surface area contributed by atoms with Crippen molar-refractivity contribution in [2.75, 3.05) is 59.0 Å². The number of carbonyl (C=O) groups is 1. The number of hydrogen-bond donors (Lipinski definition) is 0. The first-order valence-corrected chi connectivity index (χ1v) is 12.2. The summed E-state index contributed by atoms with van der Waals surface area (Å²) < 4.78 is 5.51. The molecule has 166 valence electrons. The molecule has 0 aromatic heterocycles. The molecule has 1 aromatic rings. The van der Waals surface area contributed by atoms with E-state index < -0.39 is 0 Å². The van der Waals surface area contributed by atoms with Crippen LogP contribution in [0, 0.1) is 5.92 Å². The summed E-state index contributed by atoms with van der Waals surface area (Å²) in [7, 11) is 0. The van der Waals surface area contributed by atoms with Crippen molar-refractivity contribution in [1.82, 2.24) is 14.7 Å². The van der Waals surface area contributed by atoms with Gasteiger partial charge >= 0.3 is 0 Å². The number of carbonyl (C=O) groups excluding carboxylic acids is 1. The molecule has 3 saturated heterocycles. The van der Waals surface area contributed by atoms with Gasteiger partial charge in [-0.3, -0.25) is 4.79 Å². The van der Waals surface area contributed by atoms with Gasteiger partial charge in [0, 0.05) is 31.7 Å². The molecule has 0 bridgehead atoms. The topological polar surface area (TPSA) is 36.0 Å². The second kappa shape index (κ2) is 11.3. The number of hydrogen-bond acceptors (Lipinski definition) is 4. The van der Waals surface area contributed by atoms with Gasteiger partial charge in [-0.2, -0.15) is 0 Å². The van der Waals surface area contributed by atoms with Crippen LogP contribution in [-0.2, 0) is 16.0 Å². The maximum Gasteiger partial charge on any atom is 0.225 e. The Kier molecular flexibility index (Phi) is 8.18. The van der Waals surface area contributed by atoms with Gasteiger partial charge in [0.1, 0.15) is 0 Å². The molecule has 30 heavy (non-hydrogen) atoms. The molecule has 0 aliphatic carbocycles. The summed E-state index contributed by atoms with van der Waals surface area (Å²) in [6.45, 7) is 9.03. The molecule has 3 heterocycles. The second-order valence-electron chi connectivity index (χ2n) is 9.26. The van der Waals surface area contributed by atoms with E-state index in [-0.39, 0.29) is 5.92 Å². The molecule has 0 atom stereocenters. The largest absolute Gasteiger partial charge is 0.380 e. The molecule has 5 heteroatoms. The highest BCUT2D eigenvalue weighted by molar-refractivity contribution is 5.79. The number of benzene rings is 1. The molecule has 0 spiro atoms. The fourth-order valence-electron chi connectivity index (χ4n) is 5.40. The van der Waals surface area contributed by atoms with Crippen LogP contribution in [0.2, 0.25) is 0 Å². The minimum Gasteiger partial charge on any atom is -0.380 e. The Morgan fingerprint density at radius 1 is 0.900 bits per heavy atom. The van der Waals surface area contributed by atoms with Crippen molar-refractivity contribution in [2.45, 2.75) is 51.0 Å². The molecule has 3 aliphatic heterocycles. The Labute approximate surface area is 182 Å².